The van der Waals surface area contributed by atoms with Gasteiger partial charge in [0.2, 0.25) is 0 Å². The number of rotatable bonds is 6. The van der Waals surface area contributed by atoms with Gasteiger partial charge in [-0.3, -0.25) is 4.68 Å². The van der Waals surface area contributed by atoms with Crippen molar-refractivity contribution in [3.05, 3.63) is 30.1 Å². The largest absolute Gasteiger partial charge is 0.493 e. The molecule has 2 aromatic rings. The number of methoxy groups -OCH3 is 1. The van der Waals surface area contributed by atoms with Crippen LogP contribution in [0.25, 0.3) is 0 Å². The van der Waals surface area contributed by atoms with Gasteiger partial charge in [0, 0.05) is 25.0 Å². The summed E-state index contributed by atoms with van der Waals surface area (Å²) < 4.78 is 35.5. The minimum atomic E-state index is -2.90. The summed E-state index contributed by atoms with van der Waals surface area (Å²) in [5.41, 5.74) is 1.35. The van der Waals surface area contributed by atoms with Crippen LogP contribution in [0.4, 0.5) is 14.5 Å². The van der Waals surface area contributed by atoms with E-state index in [9.17, 15) is 8.78 Å². The molecule has 0 fully saturated rings. The van der Waals surface area contributed by atoms with E-state index < -0.39 is 6.61 Å². The van der Waals surface area contributed by atoms with E-state index in [1.807, 2.05) is 0 Å². The van der Waals surface area contributed by atoms with Gasteiger partial charge in [0.15, 0.2) is 11.5 Å². The normalized spacial score (nSPS) is 10.7. The first kappa shape index (κ1) is 14.0. The molecule has 0 radical (unpaired) electrons. The predicted molar refractivity (Wildman–Crippen MR) is 68.0 cm³/mol. The predicted octanol–water partition coefficient (Wildman–Crippen LogP) is 2.04. The molecule has 1 heterocycles. The molecule has 0 unspecified atom stereocenters. The van der Waals surface area contributed by atoms with Gasteiger partial charge in [-0.25, -0.2) is 0 Å². The van der Waals surface area contributed by atoms with Crippen molar-refractivity contribution in [2.75, 3.05) is 12.4 Å². The Morgan fingerprint density at radius 3 is 2.75 bits per heavy atom. The average molecular weight is 284 g/mol. The second kappa shape index (κ2) is 6.18. The lowest BCUT2D eigenvalue weighted by Gasteiger charge is -2.12. The first-order chi connectivity index (χ1) is 9.58. The summed E-state index contributed by atoms with van der Waals surface area (Å²) in [5, 5.41) is 10.7. The lowest BCUT2D eigenvalue weighted by Crippen LogP contribution is -2.05. The van der Waals surface area contributed by atoms with Crippen LogP contribution in [-0.2, 0) is 13.6 Å². The van der Waals surface area contributed by atoms with Crippen molar-refractivity contribution >= 4 is 5.69 Å². The van der Waals surface area contributed by atoms with E-state index in [0.717, 1.165) is 5.69 Å². The highest BCUT2D eigenvalue weighted by Gasteiger charge is 2.11. The van der Waals surface area contributed by atoms with Gasteiger partial charge in [0.05, 0.1) is 13.7 Å². The Balaban J connectivity index is 2.07. The Bertz CT molecular complexity index is 574. The topological polar surface area (TPSA) is 61.2 Å². The van der Waals surface area contributed by atoms with Crippen LogP contribution >= 0.6 is 0 Å². The lowest BCUT2D eigenvalue weighted by atomic mass is 10.2. The molecule has 1 aromatic carbocycles. The molecule has 108 valence electrons. The molecule has 0 atom stereocenters. The molecule has 1 N–H and O–H groups in total. The van der Waals surface area contributed by atoms with Crippen LogP contribution in [0.2, 0.25) is 0 Å². The van der Waals surface area contributed by atoms with Crippen LogP contribution < -0.4 is 14.8 Å². The van der Waals surface area contributed by atoms with Gasteiger partial charge in [-0.15, -0.1) is 5.10 Å². The number of hydrogen-bond acceptors (Lipinski definition) is 5. The third-order valence-corrected chi connectivity index (χ3v) is 2.50. The quantitative estimate of drug-likeness (QED) is 0.879. The van der Waals surface area contributed by atoms with Crippen molar-refractivity contribution in [1.82, 2.24) is 15.0 Å². The van der Waals surface area contributed by atoms with Crippen molar-refractivity contribution in [1.29, 1.82) is 0 Å². The molecule has 6 nitrogen and oxygen atoms in total. The molecule has 0 saturated carbocycles. The van der Waals surface area contributed by atoms with Crippen LogP contribution in [0.5, 0.6) is 11.5 Å². The Kier molecular flexibility index (Phi) is 4.34. The van der Waals surface area contributed by atoms with E-state index in [4.69, 9.17) is 4.74 Å². The standard InChI is InChI=1S/C12H14F2N4O2/c1-18-7-9(16-17-18)6-15-8-3-4-10(19-2)11(5-8)20-12(13)14/h3-5,7,12,15H,6H2,1-2H3. The van der Waals surface area contributed by atoms with Gasteiger partial charge in [0.1, 0.15) is 5.69 Å². The smallest absolute Gasteiger partial charge is 0.387 e. The minimum Gasteiger partial charge on any atom is -0.493 e. The first-order valence-electron chi connectivity index (χ1n) is 5.80. The zero-order chi connectivity index (χ0) is 14.5. The summed E-state index contributed by atoms with van der Waals surface area (Å²) in [6.07, 6.45) is 1.76. The number of hydrogen-bond donors (Lipinski definition) is 1. The average Bonchev–Trinajstić information content (AvgIpc) is 2.82. The zero-order valence-corrected chi connectivity index (χ0v) is 11.0. The van der Waals surface area contributed by atoms with Gasteiger partial charge in [-0.1, -0.05) is 5.21 Å². The molecule has 20 heavy (non-hydrogen) atoms. The third-order valence-electron chi connectivity index (χ3n) is 2.50. The SMILES string of the molecule is COc1ccc(NCc2cn(C)nn2)cc1OC(F)F. The number of alkyl halides is 2. The Morgan fingerprint density at radius 2 is 2.15 bits per heavy atom. The molecular formula is C12H14F2N4O2. The number of aryl methyl sites for hydroxylation is 1. The van der Waals surface area contributed by atoms with Crippen molar-refractivity contribution < 1.29 is 18.3 Å². The van der Waals surface area contributed by atoms with Gasteiger partial charge in [-0.05, 0) is 12.1 Å². The molecule has 0 spiro atoms. The van der Waals surface area contributed by atoms with Gasteiger partial charge in [0.25, 0.3) is 0 Å². The van der Waals surface area contributed by atoms with E-state index in [1.54, 1.807) is 30.1 Å². The summed E-state index contributed by atoms with van der Waals surface area (Å²) in [4.78, 5) is 0. The maximum Gasteiger partial charge on any atom is 0.387 e. The highest BCUT2D eigenvalue weighted by Crippen LogP contribution is 2.31. The molecule has 0 bridgehead atoms. The van der Waals surface area contributed by atoms with Gasteiger partial charge < -0.3 is 14.8 Å². The van der Waals surface area contributed by atoms with E-state index >= 15 is 0 Å². The van der Waals surface area contributed by atoms with E-state index in [2.05, 4.69) is 20.4 Å². The molecular weight excluding hydrogens is 270 g/mol. The second-order valence-corrected chi connectivity index (χ2v) is 3.98. The Hall–Kier alpha value is -2.38. The number of nitrogens with one attached hydrogen (secondary N) is 1. The number of aromatic nitrogens is 3. The minimum absolute atomic E-state index is 0.0216. The Morgan fingerprint density at radius 1 is 1.35 bits per heavy atom. The van der Waals surface area contributed by atoms with Crippen LogP contribution in [0.3, 0.4) is 0 Å². The maximum absolute atomic E-state index is 12.3. The zero-order valence-electron chi connectivity index (χ0n) is 11.0. The van der Waals surface area contributed by atoms with Gasteiger partial charge in [-0.2, -0.15) is 8.78 Å². The fourth-order valence-electron chi connectivity index (χ4n) is 1.64. The molecule has 0 aliphatic carbocycles. The fourth-order valence-corrected chi connectivity index (χ4v) is 1.64. The van der Waals surface area contributed by atoms with Crippen LogP contribution in [-0.4, -0.2) is 28.7 Å². The highest BCUT2D eigenvalue weighted by atomic mass is 19.3. The molecule has 0 amide bonds. The number of benzene rings is 1. The molecule has 1 aromatic heterocycles. The molecule has 0 saturated heterocycles. The summed E-state index contributed by atoms with van der Waals surface area (Å²) >= 11 is 0. The number of anilines is 1. The molecule has 2 rings (SSSR count). The van der Waals surface area contributed by atoms with E-state index in [-0.39, 0.29) is 11.5 Å². The highest BCUT2D eigenvalue weighted by molar-refractivity contribution is 5.54. The number of halogens is 2. The van der Waals surface area contributed by atoms with Gasteiger partial charge >= 0.3 is 6.61 Å². The second-order valence-electron chi connectivity index (χ2n) is 3.98. The summed E-state index contributed by atoms with van der Waals surface area (Å²) in [6, 6.07) is 4.70. The Labute approximate surface area is 114 Å². The third kappa shape index (κ3) is 3.56. The molecule has 0 aliphatic heterocycles. The number of ether oxygens (including phenoxy) is 2. The molecule has 8 heteroatoms. The van der Waals surface area contributed by atoms with Crippen LogP contribution in [0.1, 0.15) is 5.69 Å². The first-order valence-corrected chi connectivity index (χ1v) is 5.80. The monoisotopic (exact) mass is 284 g/mol. The summed E-state index contributed by atoms with van der Waals surface area (Å²) in [6.45, 7) is -2.48. The van der Waals surface area contributed by atoms with Crippen molar-refractivity contribution in [2.45, 2.75) is 13.2 Å². The van der Waals surface area contributed by atoms with Crippen LogP contribution in [0.15, 0.2) is 24.4 Å². The molecule has 0 aliphatic rings. The lowest BCUT2D eigenvalue weighted by molar-refractivity contribution is -0.0511. The van der Waals surface area contributed by atoms with E-state index in [0.29, 0.717) is 12.2 Å². The van der Waals surface area contributed by atoms with Crippen LogP contribution in [0, 0.1) is 0 Å². The maximum atomic E-state index is 12.3. The summed E-state index contributed by atoms with van der Waals surface area (Å²) in [5.74, 6) is 0.224. The van der Waals surface area contributed by atoms with Crippen molar-refractivity contribution in [2.24, 2.45) is 7.05 Å². The summed E-state index contributed by atoms with van der Waals surface area (Å²) in [7, 11) is 3.15. The van der Waals surface area contributed by atoms with E-state index in [1.165, 1.54) is 13.2 Å². The number of nitrogens with zero attached hydrogens (tertiary/aromatic N) is 3. The van der Waals surface area contributed by atoms with Crippen molar-refractivity contribution in [3.8, 4) is 11.5 Å². The fraction of sp³-hybridized carbons (Fsp3) is 0.333. The van der Waals surface area contributed by atoms with Crippen molar-refractivity contribution in [3.63, 3.8) is 0 Å².